The Balaban J connectivity index is 1.87. The number of benzene rings is 1. The predicted octanol–water partition coefficient (Wildman–Crippen LogP) is 3.63. The molecule has 11 heteroatoms. The molecule has 1 aromatic carbocycles. The summed E-state index contributed by atoms with van der Waals surface area (Å²) in [7, 11) is 1.63. The van der Waals surface area contributed by atoms with E-state index in [-0.39, 0.29) is 24.2 Å². The first-order valence-corrected chi connectivity index (χ1v) is 12.4. The molecule has 4 amide bonds. The van der Waals surface area contributed by atoms with Crippen LogP contribution in [0.1, 0.15) is 39.3 Å². The molecular formula is C24H33Cl2N5O4. The van der Waals surface area contributed by atoms with Gasteiger partial charge < -0.3 is 20.3 Å². The summed E-state index contributed by atoms with van der Waals surface area (Å²) in [5.74, 6) is -0.506. The van der Waals surface area contributed by atoms with Crippen LogP contribution in [0.4, 0.5) is 9.59 Å². The number of halogens is 2. The highest BCUT2D eigenvalue weighted by atomic mass is 35.5. The van der Waals surface area contributed by atoms with Crippen molar-refractivity contribution in [1.82, 2.24) is 25.3 Å². The zero-order chi connectivity index (χ0) is 25.9. The van der Waals surface area contributed by atoms with E-state index in [0.29, 0.717) is 59.6 Å². The van der Waals surface area contributed by atoms with E-state index in [4.69, 9.17) is 27.9 Å². The van der Waals surface area contributed by atoms with Gasteiger partial charge in [0.2, 0.25) is 0 Å². The van der Waals surface area contributed by atoms with Gasteiger partial charge in [0.05, 0.1) is 28.3 Å². The number of piperazine rings is 1. The highest BCUT2D eigenvalue weighted by molar-refractivity contribution is 6.42. The summed E-state index contributed by atoms with van der Waals surface area (Å²) in [6, 6.07) is 3.83. The van der Waals surface area contributed by atoms with Crippen molar-refractivity contribution in [3.8, 4) is 0 Å². The van der Waals surface area contributed by atoms with Crippen LogP contribution in [0.15, 0.2) is 29.5 Å². The lowest BCUT2D eigenvalue weighted by atomic mass is 9.94. The Bertz CT molecular complexity index is 1020. The van der Waals surface area contributed by atoms with Crippen LogP contribution in [-0.2, 0) is 9.53 Å². The van der Waals surface area contributed by atoms with Gasteiger partial charge in [-0.1, -0.05) is 29.3 Å². The molecule has 0 spiro atoms. The maximum Gasteiger partial charge on any atom is 0.338 e. The lowest BCUT2D eigenvalue weighted by Gasteiger charge is -2.40. The lowest BCUT2D eigenvalue weighted by Crippen LogP contribution is -2.56. The Labute approximate surface area is 216 Å². The topological polar surface area (TPSA) is 94.2 Å². The van der Waals surface area contributed by atoms with Crippen molar-refractivity contribution in [3.05, 3.63) is 45.1 Å². The summed E-state index contributed by atoms with van der Waals surface area (Å²) < 4.78 is 5.37. The van der Waals surface area contributed by atoms with Gasteiger partial charge in [0.25, 0.3) is 0 Å². The number of rotatable bonds is 5. The first kappa shape index (κ1) is 27.1. The Morgan fingerprint density at radius 1 is 1.14 bits per heavy atom. The number of amides is 4. The van der Waals surface area contributed by atoms with Crippen molar-refractivity contribution < 1.29 is 19.1 Å². The number of carbonyl (C=O) groups is 3. The molecule has 2 N–H and O–H groups in total. The van der Waals surface area contributed by atoms with E-state index in [0.717, 1.165) is 0 Å². The standard InChI is InChI=1S/C24H33Cl2N5O4/c1-6-35-21(32)19-18(14-30-9-11-31(12-10-30)23(34)28-24(2,3)4)29(5)22(33)27-20(19)15-7-8-16(25)17(26)13-15/h7-8,13,20H,6,9-12,14H2,1-5H3,(H,27,33)(H,28,34). The number of hydrogen-bond acceptors (Lipinski definition) is 5. The molecule has 0 bridgehead atoms. The number of nitrogens with zero attached hydrogens (tertiary/aromatic N) is 3. The van der Waals surface area contributed by atoms with Crippen LogP contribution in [0.5, 0.6) is 0 Å². The molecule has 1 aromatic rings. The number of hydrogen-bond donors (Lipinski definition) is 2. The Kier molecular flexibility index (Phi) is 8.56. The van der Waals surface area contributed by atoms with E-state index in [9.17, 15) is 14.4 Å². The molecule has 35 heavy (non-hydrogen) atoms. The van der Waals surface area contributed by atoms with Crippen LogP contribution in [0.3, 0.4) is 0 Å². The third kappa shape index (κ3) is 6.59. The van der Waals surface area contributed by atoms with Crippen molar-refractivity contribution >= 4 is 41.2 Å². The third-order valence-corrected chi connectivity index (χ3v) is 6.60. The van der Waals surface area contributed by atoms with Gasteiger partial charge in [-0.15, -0.1) is 0 Å². The number of ether oxygens (including phenoxy) is 1. The molecule has 0 radical (unpaired) electrons. The van der Waals surface area contributed by atoms with E-state index in [1.54, 1.807) is 37.1 Å². The molecule has 0 saturated carbocycles. The number of likely N-dealkylation sites (N-methyl/N-ethyl adjacent to an activating group) is 1. The molecule has 2 aliphatic rings. The van der Waals surface area contributed by atoms with Gasteiger partial charge in [-0.05, 0) is 45.4 Å². The molecule has 1 atom stereocenters. The lowest BCUT2D eigenvalue weighted by molar-refractivity contribution is -0.139. The molecule has 2 aliphatic heterocycles. The SMILES string of the molecule is CCOC(=O)C1=C(CN2CCN(C(=O)NC(C)(C)C)CC2)N(C)C(=O)NC1c1ccc(Cl)c(Cl)c1. The van der Waals surface area contributed by atoms with Crippen LogP contribution < -0.4 is 10.6 Å². The second-order valence-corrected chi connectivity index (χ2v) is 10.5. The Morgan fingerprint density at radius 3 is 2.37 bits per heavy atom. The quantitative estimate of drug-likeness (QED) is 0.572. The minimum absolute atomic E-state index is 0.0996. The summed E-state index contributed by atoms with van der Waals surface area (Å²) in [6.45, 7) is 10.4. The summed E-state index contributed by atoms with van der Waals surface area (Å²) in [5, 5.41) is 6.56. The fourth-order valence-electron chi connectivity index (χ4n) is 4.06. The molecule has 1 unspecified atom stereocenters. The summed E-state index contributed by atoms with van der Waals surface area (Å²) in [4.78, 5) is 43.8. The summed E-state index contributed by atoms with van der Waals surface area (Å²) >= 11 is 12.3. The number of nitrogens with one attached hydrogen (secondary N) is 2. The molecule has 9 nitrogen and oxygen atoms in total. The Hall–Kier alpha value is -2.49. The molecule has 0 aromatic heterocycles. The van der Waals surface area contributed by atoms with Crippen molar-refractivity contribution in [2.24, 2.45) is 0 Å². The fraction of sp³-hybridized carbons (Fsp3) is 0.542. The minimum atomic E-state index is -0.735. The number of urea groups is 2. The molecule has 3 rings (SSSR count). The van der Waals surface area contributed by atoms with Gasteiger partial charge in [0.1, 0.15) is 0 Å². The number of esters is 1. The van der Waals surface area contributed by atoms with Gasteiger partial charge in [-0.3, -0.25) is 9.80 Å². The van der Waals surface area contributed by atoms with E-state index in [1.165, 1.54) is 4.90 Å². The highest BCUT2D eigenvalue weighted by Crippen LogP contribution is 2.34. The maximum absolute atomic E-state index is 13.1. The zero-order valence-corrected chi connectivity index (χ0v) is 22.3. The van der Waals surface area contributed by atoms with Crippen LogP contribution in [0, 0.1) is 0 Å². The van der Waals surface area contributed by atoms with Crippen LogP contribution >= 0.6 is 23.2 Å². The van der Waals surface area contributed by atoms with Gasteiger partial charge in [0.15, 0.2) is 0 Å². The van der Waals surface area contributed by atoms with E-state index in [1.807, 2.05) is 20.8 Å². The zero-order valence-electron chi connectivity index (χ0n) is 20.8. The van der Waals surface area contributed by atoms with Crippen LogP contribution in [-0.4, -0.2) is 84.6 Å². The smallest absolute Gasteiger partial charge is 0.338 e. The second kappa shape index (κ2) is 11.1. The fourth-order valence-corrected chi connectivity index (χ4v) is 4.37. The van der Waals surface area contributed by atoms with Crippen molar-refractivity contribution in [1.29, 1.82) is 0 Å². The molecule has 192 valence electrons. The van der Waals surface area contributed by atoms with Gasteiger partial charge in [-0.2, -0.15) is 0 Å². The first-order valence-electron chi connectivity index (χ1n) is 11.6. The molecule has 0 aliphatic carbocycles. The average molecular weight is 526 g/mol. The molecular weight excluding hydrogens is 493 g/mol. The predicted molar refractivity (Wildman–Crippen MR) is 135 cm³/mol. The van der Waals surface area contributed by atoms with E-state index in [2.05, 4.69) is 15.5 Å². The van der Waals surface area contributed by atoms with E-state index >= 15 is 0 Å². The average Bonchev–Trinajstić information content (AvgIpc) is 2.78. The summed E-state index contributed by atoms with van der Waals surface area (Å²) in [5.41, 5.74) is 1.21. The highest BCUT2D eigenvalue weighted by Gasteiger charge is 2.38. The monoisotopic (exact) mass is 525 g/mol. The Morgan fingerprint density at radius 2 is 1.80 bits per heavy atom. The van der Waals surface area contributed by atoms with Crippen molar-refractivity contribution in [2.75, 3.05) is 46.4 Å². The van der Waals surface area contributed by atoms with Crippen LogP contribution in [0.2, 0.25) is 10.0 Å². The first-order chi connectivity index (χ1) is 16.4. The number of carbonyl (C=O) groups excluding carboxylic acids is 3. The van der Waals surface area contributed by atoms with Gasteiger partial charge in [-0.25, -0.2) is 14.4 Å². The minimum Gasteiger partial charge on any atom is -0.463 e. The van der Waals surface area contributed by atoms with Crippen molar-refractivity contribution in [2.45, 2.75) is 39.3 Å². The second-order valence-electron chi connectivity index (χ2n) is 9.64. The summed E-state index contributed by atoms with van der Waals surface area (Å²) in [6.07, 6.45) is 0. The van der Waals surface area contributed by atoms with Crippen LogP contribution in [0.25, 0.3) is 0 Å². The van der Waals surface area contributed by atoms with Gasteiger partial charge in [0, 0.05) is 51.0 Å². The normalized spacial score (nSPS) is 19.5. The molecule has 1 fully saturated rings. The van der Waals surface area contributed by atoms with Crippen molar-refractivity contribution in [3.63, 3.8) is 0 Å². The molecule has 1 saturated heterocycles. The van der Waals surface area contributed by atoms with E-state index < -0.39 is 12.0 Å². The maximum atomic E-state index is 13.1. The van der Waals surface area contributed by atoms with Gasteiger partial charge >= 0.3 is 18.0 Å². The largest absolute Gasteiger partial charge is 0.463 e. The molecule has 2 heterocycles. The third-order valence-electron chi connectivity index (χ3n) is 5.86.